The molecule has 0 saturated carbocycles. The summed E-state index contributed by atoms with van der Waals surface area (Å²) in [6.07, 6.45) is 2.17. The Morgan fingerprint density at radius 3 is 2.12 bits per heavy atom. The minimum atomic E-state index is -0.137. The Morgan fingerprint density at radius 1 is 0.833 bits per heavy atom. The lowest BCUT2D eigenvalue weighted by atomic mass is 9.97. The number of imidazole rings is 1. The van der Waals surface area contributed by atoms with Gasteiger partial charge in [0.2, 0.25) is 13.6 Å². The predicted octanol–water partition coefficient (Wildman–Crippen LogP) is 7.72. The quantitative estimate of drug-likeness (QED) is 0.183. The van der Waals surface area contributed by atoms with Crippen LogP contribution in [0.15, 0.2) is 78.9 Å². The zero-order valence-electron chi connectivity index (χ0n) is 23.8. The summed E-state index contributed by atoms with van der Waals surface area (Å²) in [6.45, 7) is 6.37. The molecule has 7 rings (SSSR count). The van der Waals surface area contributed by atoms with E-state index in [4.69, 9.17) is 23.9 Å². The van der Waals surface area contributed by atoms with Crippen LogP contribution in [0, 0.1) is 6.92 Å². The molecule has 0 fully saturated rings. The largest absolute Gasteiger partial charge is 0.454 e. The average molecular weight is 580 g/mol. The second-order valence-corrected chi connectivity index (χ2v) is 11.8. The molecule has 0 radical (unpaired) electrons. The molecular weight excluding hydrogens is 546 g/mol. The highest BCUT2D eigenvalue weighted by Crippen LogP contribution is 2.40. The van der Waals surface area contributed by atoms with Crippen molar-refractivity contribution in [2.24, 2.45) is 0 Å². The summed E-state index contributed by atoms with van der Waals surface area (Å²) in [7, 11) is 0. The molecule has 42 heavy (non-hydrogen) atoms. The summed E-state index contributed by atoms with van der Waals surface area (Å²) in [5.41, 5.74) is 5.49. The van der Waals surface area contributed by atoms with Gasteiger partial charge in [-0.05, 0) is 60.9 Å². The van der Waals surface area contributed by atoms with Crippen molar-refractivity contribution in [1.29, 1.82) is 0 Å². The minimum Gasteiger partial charge on any atom is -0.454 e. The lowest BCUT2D eigenvalue weighted by molar-refractivity contribution is 0.173. The molecule has 2 aliphatic heterocycles. The van der Waals surface area contributed by atoms with Gasteiger partial charge in [-0.1, -0.05) is 55.8 Å². The maximum atomic E-state index is 5.75. The van der Waals surface area contributed by atoms with Crippen LogP contribution < -0.4 is 24.3 Å². The first-order chi connectivity index (χ1) is 20.7. The molecule has 0 amide bonds. The van der Waals surface area contributed by atoms with Crippen LogP contribution >= 0.6 is 11.3 Å². The molecule has 0 unspecified atom stereocenters. The van der Waals surface area contributed by atoms with Crippen LogP contribution in [0.4, 0.5) is 0 Å². The summed E-state index contributed by atoms with van der Waals surface area (Å²) >= 11 is 1.79. The van der Waals surface area contributed by atoms with Gasteiger partial charge in [0.1, 0.15) is 11.5 Å². The number of aromatic nitrogens is 2. The molecule has 2 aromatic heterocycles. The Labute approximate surface area is 249 Å². The van der Waals surface area contributed by atoms with E-state index in [2.05, 4.69) is 90.5 Å². The Hall–Kier alpha value is -4.27. The fourth-order valence-electron chi connectivity index (χ4n) is 5.60. The summed E-state index contributed by atoms with van der Waals surface area (Å²) in [5, 5.41) is 3.90. The highest BCUT2D eigenvalue weighted by molar-refractivity contribution is 7.15. The van der Waals surface area contributed by atoms with Gasteiger partial charge in [-0.15, -0.1) is 11.3 Å². The van der Waals surface area contributed by atoms with Gasteiger partial charge < -0.3 is 28.8 Å². The Bertz CT molecular complexity index is 1650. The van der Waals surface area contributed by atoms with Crippen molar-refractivity contribution in [2.45, 2.75) is 45.8 Å². The van der Waals surface area contributed by atoms with Crippen molar-refractivity contribution < 1.29 is 18.9 Å². The number of rotatable bonds is 10. The molecule has 0 aliphatic carbocycles. The van der Waals surface area contributed by atoms with E-state index in [0.29, 0.717) is 6.54 Å². The van der Waals surface area contributed by atoms with Gasteiger partial charge in [-0.2, -0.15) is 0 Å². The van der Waals surface area contributed by atoms with E-state index in [-0.39, 0.29) is 19.6 Å². The number of nitrogens with one attached hydrogen (secondary N) is 1. The van der Waals surface area contributed by atoms with Gasteiger partial charge in [0, 0.05) is 23.5 Å². The topological polar surface area (TPSA) is 66.8 Å². The van der Waals surface area contributed by atoms with Crippen molar-refractivity contribution >= 4 is 11.3 Å². The highest BCUT2D eigenvalue weighted by atomic mass is 32.1. The van der Waals surface area contributed by atoms with Crippen molar-refractivity contribution in [3.8, 4) is 45.0 Å². The lowest BCUT2D eigenvalue weighted by Gasteiger charge is -2.22. The van der Waals surface area contributed by atoms with E-state index in [0.717, 1.165) is 70.6 Å². The van der Waals surface area contributed by atoms with Crippen molar-refractivity contribution in [1.82, 2.24) is 14.9 Å². The minimum absolute atomic E-state index is 0.137. The number of fused-ring (bicyclic) bond motifs is 2. The van der Waals surface area contributed by atoms with E-state index in [1.165, 1.54) is 15.4 Å². The second-order valence-electron chi connectivity index (χ2n) is 10.6. The van der Waals surface area contributed by atoms with E-state index in [9.17, 15) is 0 Å². The third-order valence-electron chi connectivity index (χ3n) is 7.75. The first-order valence-corrected chi connectivity index (χ1v) is 15.2. The molecule has 0 atom stereocenters. The molecule has 214 valence electrons. The van der Waals surface area contributed by atoms with Gasteiger partial charge in [0.05, 0.1) is 16.6 Å². The van der Waals surface area contributed by atoms with Crippen LogP contribution in [0.1, 0.15) is 47.5 Å². The highest BCUT2D eigenvalue weighted by Gasteiger charge is 2.25. The lowest BCUT2D eigenvalue weighted by Crippen LogP contribution is -2.24. The first kappa shape index (κ1) is 26.6. The number of benzene rings is 3. The molecule has 5 aromatic rings. The molecule has 2 aliphatic rings. The molecule has 0 bridgehead atoms. The summed E-state index contributed by atoms with van der Waals surface area (Å²) in [4.78, 5) is 7.75. The van der Waals surface area contributed by atoms with Gasteiger partial charge in [0.25, 0.3) is 0 Å². The van der Waals surface area contributed by atoms with Crippen LogP contribution in [-0.2, 0) is 13.1 Å². The third-order valence-corrected chi connectivity index (χ3v) is 8.75. The monoisotopic (exact) mass is 579 g/mol. The SMILES string of the molecule is CCCCn1c(-c2ccccc2)nc(-c2ccc(C)s2)c1CNC(c1ccc2c(c1)OCO2)c1ccc2c(c1)OCO2. The van der Waals surface area contributed by atoms with Gasteiger partial charge in [0.15, 0.2) is 23.0 Å². The van der Waals surface area contributed by atoms with E-state index in [1.54, 1.807) is 11.3 Å². The van der Waals surface area contributed by atoms with Crippen LogP contribution in [0.2, 0.25) is 0 Å². The number of hydrogen-bond acceptors (Lipinski definition) is 7. The van der Waals surface area contributed by atoms with E-state index < -0.39 is 0 Å². The number of unbranched alkanes of at least 4 members (excludes halogenated alkanes) is 1. The second kappa shape index (κ2) is 11.5. The molecular formula is C34H33N3O4S. The predicted molar refractivity (Wildman–Crippen MR) is 164 cm³/mol. The normalized spacial score (nSPS) is 13.3. The Kier molecular flexibility index (Phi) is 7.32. The van der Waals surface area contributed by atoms with Gasteiger partial charge in [-0.25, -0.2) is 4.98 Å². The average Bonchev–Trinajstić information content (AvgIpc) is 3.83. The van der Waals surface area contributed by atoms with Crippen molar-refractivity contribution in [2.75, 3.05) is 13.6 Å². The summed E-state index contributed by atoms with van der Waals surface area (Å²) in [5.74, 6) is 4.06. The molecule has 0 spiro atoms. The van der Waals surface area contributed by atoms with Crippen LogP contribution in [-0.4, -0.2) is 23.1 Å². The fraction of sp³-hybridized carbons (Fsp3) is 0.265. The summed E-state index contributed by atoms with van der Waals surface area (Å²) < 4.78 is 25.1. The number of aryl methyl sites for hydroxylation is 1. The van der Waals surface area contributed by atoms with Crippen molar-refractivity contribution in [3.05, 3.63) is 101 Å². The fourth-order valence-corrected chi connectivity index (χ4v) is 6.48. The number of ether oxygens (including phenoxy) is 4. The maximum Gasteiger partial charge on any atom is 0.231 e. The maximum absolute atomic E-state index is 5.75. The smallest absolute Gasteiger partial charge is 0.231 e. The van der Waals surface area contributed by atoms with Crippen LogP contribution in [0.25, 0.3) is 22.0 Å². The molecule has 3 aromatic carbocycles. The van der Waals surface area contributed by atoms with Gasteiger partial charge in [-0.3, -0.25) is 0 Å². The van der Waals surface area contributed by atoms with E-state index in [1.807, 2.05) is 12.1 Å². The number of hydrogen-bond donors (Lipinski definition) is 1. The zero-order chi connectivity index (χ0) is 28.5. The zero-order valence-corrected chi connectivity index (χ0v) is 24.6. The number of nitrogens with zero attached hydrogens (tertiary/aromatic N) is 2. The molecule has 4 heterocycles. The van der Waals surface area contributed by atoms with E-state index >= 15 is 0 Å². The molecule has 8 heteroatoms. The Morgan fingerprint density at radius 2 is 1.50 bits per heavy atom. The molecule has 0 saturated heterocycles. The number of thiophene rings is 1. The van der Waals surface area contributed by atoms with Crippen molar-refractivity contribution in [3.63, 3.8) is 0 Å². The standard InChI is InChI=1S/C34H33N3O4S/c1-3-4-16-37-26(33(31-15-10-22(2)42-31)36-34(37)23-8-6-5-7-9-23)19-35-32(24-11-13-27-29(17-24)40-20-38-27)25-12-14-28-30(18-25)41-21-39-28/h5-15,17-18,32,35H,3-4,16,19-21H2,1-2H3. The van der Waals surface area contributed by atoms with Crippen LogP contribution in [0.3, 0.4) is 0 Å². The Balaban J connectivity index is 1.31. The molecule has 1 N–H and O–H groups in total. The first-order valence-electron chi connectivity index (χ1n) is 14.4. The third kappa shape index (κ3) is 5.12. The molecule has 7 nitrogen and oxygen atoms in total. The summed E-state index contributed by atoms with van der Waals surface area (Å²) in [6, 6.07) is 27.0. The van der Waals surface area contributed by atoms with Gasteiger partial charge >= 0.3 is 0 Å². The van der Waals surface area contributed by atoms with Crippen LogP contribution in [0.5, 0.6) is 23.0 Å².